The molecule has 3 aliphatic rings. The molecule has 1 fully saturated rings. The zero-order valence-electron chi connectivity index (χ0n) is 22.8. The highest BCUT2D eigenvalue weighted by Crippen LogP contribution is 2.45. The number of fused-ring (bicyclic) bond motifs is 1. The van der Waals surface area contributed by atoms with Gasteiger partial charge < -0.3 is 24.2 Å². The van der Waals surface area contributed by atoms with Crippen molar-refractivity contribution in [1.29, 1.82) is 0 Å². The molecule has 2 aromatic rings. The molecule has 0 aliphatic carbocycles. The molecule has 0 spiro atoms. The topological polar surface area (TPSA) is 74.7 Å². The summed E-state index contributed by atoms with van der Waals surface area (Å²) in [5, 5.41) is 2.77. The van der Waals surface area contributed by atoms with Crippen LogP contribution in [0.1, 0.15) is 37.4 Å². The number of methoxy groups -OCH3 is 1. The maximum atomic E-state index is 13.5. The minimum Gasteiger partial charge on any atom is -0.495 e. The van der Waals surface area contributed by atoms with E-state index in [-0.39, 0.29) is 24.9 Å². The zero-order valence-corrected chi connectivity index (χ0v) is 23.7. The summed E-state index contributed by atoms with van der Waals surface area (Å²) in [7, 11) is 1.68. The third-order valence-electron chi connectivity index (χ3n) is 7.37. The van der Waals surface area contributed by atoms with Gasteiger partial charge in [-0.05, 0) is 49.4 Å². The number of allylic oxidation sites excluding steroid dienone is 1. The van der Waals surface area contributed by atoms with Crippen molar-refractivity contribution in [2.24, 2.45) is 4.99 Å². The van der Waals surface area contributed by atoms with E-state index in [0.29, 0.717) is 24.4 Å². The summed E-state index contributed by atoms with van der Waals surface area (Å²) in [4.78, 5) is 37.7. The number of ether oxygens (including phenoxy) is 2. The van der Waals surface area contributed by atoms with Crippen LogP contribution in [-0.2, 0) is 14.3 Å². The molecule has 0 N–H and O–H groups in total. The van der Waals surface area contributed by atoms with E-state index >= 15 is 0 Å². The summed E-state index contributed by atoms with van der Waals surface area (Å²) < 4.78 is 11.0. The molecule has 1 amide bonds. The standard InChI is InChI=1S/C30H34N4O4S/c1-5-38-29(36)27-21(3)31-30-34(28(27)23-11-7-6-10-20(23)2)22(19-39-30)18-26(35)33-16-14-32(15-17-33)24-12-8-9-13-25(24)37-4/h6-13,19,28H,5,14-18H2,1-4H3/t28-/m1/s1. The first kappa shape index (κ1) is 26.9. The molecule has 5 rings (SSSR count). The van der Waals surface area contributed by atoms with E-state index in [0.717, 1.165) is 46.5 Å². The number of rotatable bonds is 7. The molecule has 0 bridgehead atoms. The van der Waals surface area contributed by atoms with Crippen LogP contribution in [0.2, 0.25) is 0 Å². The number of para-hydroxylation sites is 2. The third-order valence-corrected chi connectivity index (χ3v) is 8.26. The lowest BCUT2D eigenvalue weighted by Gasteiger charge is -2.39. The van der Waals surface area contributed by atoms with Crippen molar-refractivity contribution in [2.45, 2.75) is 33.2 Å². The van der Waals surface area contributed by atoms with Crippen molar-refractivity contribution in [2.75, 3.05) is 44.8 Å². The molecule has 3 aliphatic heterocycles. The van der Waals surface area contributed by atoms with Crippen LogP contribution in [0.5, 0.6) is 5.75 Å². The van der Waals surface area contributed by atoms with Crippen LogP contribution in [0.15, 0.2) is 75.9 Å². The monoisotopic (exact) mass is 546 g/mol. The average molecular weight is 547 g/mol. The van der Waals surface area contributed by atoms with Crippen LogP contribution in [0, 0.1) is 6.92 Å². The van der Waals surface area contributed by atoms with E-state index in [1.807, 2.05) is 66.6 Å². The van der Waals surface area contributed by atoms with Crippen molar-refractivity contribution in [3.8, 4) is 5.75 Å². The molecule has 0 aromatic heterocycles. The molecule has 3 heterocycles. The van der Waals surface area contributed by atoms with Crippen molar-refractivity contribution < 1.29 is 19.1 Å². The fraction of sp³-hybridized carbons (Fsp3) is 0.367. The lowest BCUT2D eigenvalue weighted by atomic mass is 9.91. The highest BCUT2D eigenvalue weighted by Gasteiger charge is 2.42. The molecule has 1 atom stereocenters. The van der Waals surface area contributed by atoms with Gasteiger partial charge in [0.05, 0.1) is 43.1 Å². The van der Waals surface area contributed by atoms with Gasteiger partial charge in [0.2, 0.25) is 5.91 Å². The lowest BCUT2D eigenvalue weighted by Crippen LogP contribution is -2.49. The fourth-order valence-electron chi connectivity index (χ4n) is 5.38. The SMILES string of the molecule is CCOC(=O)C1=C(C)N=C2SC=C(CC(=O)N3CCN(c4ccccc4OC)CC3)N2[C@@H]1c1ccccc1C. The quantitative estimate of drug-likeness (QED) is 0.458. The molecular weight excluding hydrogens is 512 g/mol. The van der Waals surface area contributed by atoms with Crippen molar-refractivity contribution in [1.82, 2.24) is 9.80 Å². The predicted octanol–water partition coefficient (Wildman–Crippen LogP) is 4.88. The Labute approximate surface area is 234 Å². The number of carbonyl (C=O) groups excluding carboxylic acids is 2. The number of carbonyl (C=O) groups is 2. The minimum atomic E-state index is -0.408. The summed E-state index contributed by atoms with van der Waals surface area (Å²) in [5.41, 5.74) is 5.12. The fourth-order valence-corrected chi connectivity index (χ4v) is 6.35. The van der Waals surface area contributed by atoms with E-state index in [1.54, 1.807) is 14.0 Å². The number of thioether (sulfide) groups is 1. The molecular formula is C30H34N4O4S. The van der Waals surface area contributed by atoms with Crippen molar-refractivity contribution in [3.63, 3.8) is 0 Å². The van der Waals surface area contributed by atoms with Gasteiger partial charge in [-0.15, -0.1) is 0 Å². The van der Waals surface area contributed by atoms with Gasteiger partial charge in [-0.1, -0.05) is 48.2 Å². The molecule has 39 heavy (non-hydrogen) atoms. The summed E-state index contributed by atoms with van der Waals surface area (Å²) >= 11 is 1.49. The Hall–Kier alpha value is -3.72. The zero-order chi connectivity index (χ0) is 27.5. The van der Waals surface area contributed by atoms with Crippen LogP contribution in [0.4, 0.5) is 5.69 Å². The van der Waals surface area contributed by atoms with Gasteiger partial charge in [0, 0.05) is 31.9 Å². The Morgan fingerprint density at radius 3 is 2.46 bits per heavy atom. The normalized spacial score (nSPS) is 19.0. The Balaban J connectivity index is 1.35. The van der Waals surface area contributed by atoms with Gasteiger partial charge in [-0.3, -0.25) is 4.79 Å². The molecule has 9 heteroatoms. The smallest absolute Gasteiger partial charge is 0.338 e. The van der Waals surface area contributed by atoms with Crippen LogP contribution < -0.4 is 9.64 Å². The summed E-state index contributed by atoms with van der Waals surface area (Å²) in [6.07, 6.45) is 0.234. The van der Waals surface area contributed by atoms with E-state index in [4.69, 9.17) is 14.5 Å². The minimum absolute atomic E-state index is 0.0651. The van der Waals surface area contributed by atoms with Gasteiger partial charge in [-0.2, -0.15) is 0 Å². The summed E-state index contributed by atoms with van der Waals surface area (Å²) in [5.74, 6) is 0.529. The van der Waals surface area contributed by atoms with Crippen molar-refractivity contribution in [3.05, 3.63) is 82.0 Å². The second-order valence-corrected chi connectivity index (χ2v) is 10.5. The summed E-state index contributed by atoms with van der Waals surface area (Å²) in [6, 6.07) is 15.6. The molecule has 204 valence electrons. The van der Waals surface area contributed by atoms with E-state index in [9.17, 15) is 9.59 Å². The highest BCUT2D eigenvalue weighted by molar-refractivity contribution is 8.16. The number of hydrogen-bond acceptors (Lipinski definition) is 8. The van der Waals surface area contributed by atoms with E-state index in [1.165, 1.54) is 11.8 Å². The van der Waals surface area contributed by atoms with Crippen molar-refractivity contribution >= 4 is 34.5 Å². The second kappa shape index (κ2) is 11.6. The number of anilines is 1. The number of nitrogens with zero attached hydrogens (tertiary/aromatic N) is 4. The Morgan fingerprint density at radius 1 is 1.03 bits per heavy atom. The number of aliphatic imine (C=N–C) groups is 1. The Bertz CT molecular complexity index is 1360. The lowest BCUT2D eigenvalue weighted by molar-refractivity contribution is -0.139. The Morgan fingerprint density at radius 2 is 1.74 bits per heavy atom. The number of amidine groups is 1. The largest absolute Gasteiger partial charge is 0.495 e. The molecule has 0 saturated carbocycles. The maximum Gasteiger partial charge on any atom is 0.338 e. The van der Waals surface area contributed by atoms with Gasteiger partial charge in [0.15, 0.2) is 5.17 Å². The molecule has 0 unspecified atom stereocenters. The molecule has 2 aromatic carbocycles. The number of esters is 1. The number of piperazine rings is 1. The van der Waals surface area contributed by atoms with Gasteiger partial charge in [-0.25, -0.2) is 9.79 Å². The average Bonchev–Trinajstić information content (AvgIpc) is 3.34. The van der Waals surface area contributed by atoms with Crippen LogP contribution in [0.25, 0.3) is 0 Å². The maximum absolute atomic E-state index is 13.5. The predicted molar refractivity (Wildman–Crippen MR) is 155 cm³/mol. The number of aryl methyl sites for hydroxylation is 1. The highest BCUT2D eigenvalue weighted by atomic mass is 32.2. The first-order valence-electron chi connectivity index (χ1n) is 13.3. The second-order valence-electron chi connectivity index (χ2n) is 9.69. The van der Waals surface area contributed by atoms with E-state index < -0.39 is 6.04 Å². The van der Waals surface area contributed by atoms with Crippen LogP contribution >= 0.6 is 11.8 Å². The van der Waals surface area contributed by atoms with Gasteiger partial charge in [0.25, 0.3) is 0 Å². The molecule has 8 nitrogen and oxygen atoms in total. The summed E-state index contributed by atoms with van der Waals surface area (Å²) in [6.45, 7) is 8.71. The Kier molecular flexibility index (Phi) is 7.97. The van der Waals surface area contributed by atoms with Gasteiger partial charge >= 0.3 is 5.97 Å². The first-order valence-corrected chi connectivity index (χ1v) is 14.1. The van der Waals surface area contributed by atoms with Crippen LogP contribution in [0.3, 0.4) is 0 Å². The molecule has 1 saturated heterocycles. The third kappa shape index (κ3) is 5.28. The van der Waals surface area contributed by atoms with Gasteiger partial charge in [0.1, 0.15) is 5.75 Å². The number of hydrogen-bond donors (Lipinski definition) is 0. The first-order chi connectivity index (χ1) is 18.9. The number of amides is 1. The van der Waals surface area contributed by atoms with E-state index in [2.05, 4.69) is 15.9 Å². The number of benzene rings is 2. The molecule has 0 radical (unpaired) electrons. The van der Waals surface area contributed by atoms with Crippen LogP contribution in [-0.4, -0.2) is 66.7 Å².